The number of halogens is 2. The summed E-state index contributed by atoms with van der Waals surface area (Å²) >= 11 is 12.0. The SMILES string of the molecule is CC(C)n1cc(NC(=O)N2CCOC(c3ccc(Cl)c(Cl)c3)C2)nn1. The van der Waals surface area contributed by atoms with E-state index in [0.717, 1.165) is 5.56 Å². The Labute approximate surface area is 155 Å². The van der Waals surface area contributed by atoms with Crippen LogP contribution >= 0.6 is 23.2 Å². The first-order valence-electron chi connectivity index (χ1n) is 7.98. The molecule has 1 fully saturated rings. The van der Waals surface area contributed by atoms with E-state index < -0.39 is 0 Å². The van der Waals surface area contributed by atoms with Crippen molar-refractivity contribution in [2.45, 2.75) is 26.0 Å². The number of ether oxygens (including phenoxy) is 1. The number of amides is 2. The van der Waals surface area contributed by atoms with E-state index in [-0.39, 0.29) is 18.2 Å². The first kappa shape index (κ1) is 18.0. The van der Waals surface area contributed by atoms with Crippen molar-refractivity contribution in [3.8, 4) is 0 Å². The molecule has 1 aromatic carbocycles. The molecule has 2 aromatic rings. The molecule has 1 N–H and O–H groups in total. The number of hydrogen-bond acceptors (Lipinski definition) is 4. The highest BCUT2D eigenvalue weighted by Crippen LogP contribution is 2.29. The third kappa shape index (κ3) is 4.23. The summed E-state index contributed by atoms with van der Waals surface area (Å²) in [5.74, 6) is 0.427. The minimum atomic E-state index is -0.249. The molecule has 134 valence electrons. The molecule has 1 aliphatic heterocycles. The smallest absolute Gasteiger partial charge is 0.323 e. The van der Waals surface area contributed by atoms with Crippen LogP contribution in [0.2, 0.25) is 10.0 Å². The zero-order valence-corrected chi connectivity index (χ0v) is 15.5. The van der Waals surface area contributed by atoms with Gasteiger partial charge >= 0.3 is 6.03 Å². The Morgan fingerprint density at radius 1 is 1.36 bits per heavy atom. The number of carbonyl (C=O) groups is 1. The van der Waals surface area contributed by atoms with Gasteiger partial charge in [0.15, 0.2) is 5.82 Å². The maximum absolute atomic E-state index is 12.5. The van der Waals surface area contributed by atoms with Gasteiger partial charge in [-0.3, -0.25) is 5.32 Å². The van der Waals surface area contributed by atoms with Crippen LogP contribution in [-0.4, -0.2) is 45.6 Å². The monoisotopic (exact) mass is 383 g/mol. The van der Waals surface area contributed by atoms with E-state index >= 15 is 0 Å². The molecule has 1 unspecified atom stereocenters. The third-order valence-corrected chi connectivity index (χ3v) is 4.68. The first-order chi connectivity index (χ1) is 11.9. The molecule has 2 amide bonds. The van der Waals surface area contributed by atoms with E-state index in [1.165, 1.54) is 0 Å². The summed E-state index contributed by atoms with van der Waals surface area (Å²) in [6, 6.07) is 5.30. The fourth-order valence-electron chi connectivity index (χ4n) is 2.52. The molecule has 7 nitrogen and oxygen atoms in total. The van der Waals surface area contributed by atoms with Gasteiger partial charge in [0.1, 0.15) is 6.10 Å². The second kappa shape index (κ2) is 7.59. The second-order valence-corrected chi connectivity index (χ2v) is 6.90. The van der Waals surface area contributed by atoms with Crippen molar-refractivity contribution < 1.29 is 9.53 Å². The largest absolute Gasteiger partial charge is 0.370 e. The average Bonchev–Trinajstić information content (AvgIpc) is 3.06. The molecule has 1 aromatic heterocycles. The Kier molecular flexibility index (Phi) is 5.46. The van der Waals surface area contributed by atoms with E-state index in [0.29, 0.717) is 35.6 Å². The normalized spacial score (nSPS) is 17.8. The molecule has 2 heterocycles. The van der Waals surface area contributed by atoms with Crippen LogP contribution in [0.1, 0.15) is 31.6 Å². The minimum absolute atomic E-state index is 0.181. The van der Waals surface area contributed by atoms with E-state index in [4.69, 9.17) is 27.9 Å². The topological polar surface area (TPSA) is 72.3 Å². The summed E-state index contributed by atoms with van der Waals surface area (Å²) in [6.45, 7) is 5.34. The third-order valence-electron chi connectivity index (χ3n) is 3.94. The quantitative estimate of drug-likeness (QED) is 0.875. The number of nitrogens with zero attached hydrogens (tertiary/aromatic N) is 4. The molecule has 1 atom stereocenters. The molecular formula is C16H19Cl2N5O2. The maximum Gasteiger partial charge on any atom is 0.323 e. The predicted molar refractivity (Wildman–Crippen MR) is 96.2 cm³/mol. The van der Waals surface area contributed by atoms with Crippen LogP contribution in [0.5, 0.6) is 0 Å². The summed E-state index contributed by atoms with van der Waals surface area (Å²) in [7, 11) is 0. The van der Waals surface area contributed by atoms with Gasteiger partial charge in [-0.1, -0.05) is 34.5 Å². The van der Waals surface area contributed by atoms with Gasteiger partial charge < -0.3 is 9.64 Å². The van der Waals surface area contributed by atoms with Gasteiger partial charge in [0, 0.05) is 12.6 Å². The van der Waals surface area contributed by atoms with Gasteiger partial charge in [-0.2, -0.15) is 0 Å². The summed E-state index contributed by atoms with van der Waals surface area (Å²) in [4.78, 5) is 14.2. The molecule has 9 heteroatoms. The van der Waals surface area contributed by atoms with Gasteiger partial charge in [-0.05, 0) is 31.5 Å². The zero-order chi connectivity index (χ0) is 18.0. The highest BCUT2D eigenvalue weighted by atomic mass is 35.5. The van der Waals surface area contributed by atoms with Gasteiger partial charge in [0.05, 0.1) is 29.4 Å². The molecule has 0 radical (unpaired) electrons. The van der Waals surface area contributed by atoms with Crippen LogP contribution in [0, 0.1) is 0 Å². The number of anilines is 1. The van der Waals surface area contributed by atoms with Crippen LogP contribution < -0.4 is 5.32 Å². The van der Waals surface area contributed by atoms with Crippen LogP contribution in [0.3, 0.4) is 0 Å². The minimum Gasteiger partial charge on any atom is -0.370 e. The van der Waals surface area contributed by atoms with Crippen molar-refractivity contribution in [3.63, 3.8) is 0 Å². The molecule has 0 saturated carbocycles. The number of benzene rings is 1. The standard InChI is InChI=1S/C16H19Cl2N5O2/c1-10(2)23-9-15(20-21-23)19-16(24)22-5-6-25-14(8-22)11-3-4-12(17)13(18)7-11/h3-4,7,9-10,14H,5-6,8H2,1-2H3,(H,19,24). The summed E-state index contributed by atoms with van der Waals surface area (Å²) < 4.78 is 7.46. The van der Waals surface area contributed by atoms with Gasteiger partial charge in [0.2, 0.25) is 0 Å². The highest BCUT2D eigenvalue weighted by molar-refractivity contribution is 6.42. The maximum atomic E-state index is 12.5. The van der Waals surface area contributed by atoms with Gasteiger partial charge in [-0.15, -0.1) is 5.10 Å². The molecular weight excluding hydrogens is 365 g/mol. The van der Waals surface area contributed by atoms with Gasteiger partial charge in [0.25, 0.3) is 0 Å². The Morgan fingerprint density at radius 3 is 2.84 bits per heavy atom. The lowest BCUT2D eigenvalue weighted by molar-refractivity contribution is -0.0135. The van der Waals surface area contributed by atoms with E-state index in [2.05, 4.69) is 15.6 Å². The lowest BCUT2D eigenvalue weighted by Crippen LogP contribution is -2.44. The van der Waals surface area contributed by atoms with Crippen molar-refractivity contribution in [2.75, 3.05) is 25.0 Å². The Bertz CT molecular complexity index is 765. The number of urea groups is 1. The van der Waals surface area contributed by atoms with Crippen molar-refractivity contribution in [1.82, 2.24) is 19.9 Å². The first-order valence-corrected chi connectivity index (χ1v) is 8.74. The van der Waals surface area contributed by atoms with E-state index in [1.807, 2.05) is 19.9 Å². The fourth-order valence-corrected chi connectivity index (χ4v) is 2.83. The Hall–Kier alpha value is -1.83. The summed E-state index contributed by atoms with van der Waals surface area (Å²) in [5, 5.41) is 11.7. The Morgan fingerprint density at radius 2 is 2.16 bits per heavy atom. The lowest BCUT2D eigenvalue weighted by atomic mass is 10.1. The number of nitrogens with one attached hydrogen (secondary N) is 1. The number of carbonyl (C=O) groups excluding carboxylic acids is 1. The van der Waals surface area contributed by atoms with Gasteiger partial charge in [-0.25, -0.2) is 9.48 Å². The number of rotatable bonds is 3. The van der Waals surface area contributed by atoms with Crippen molar-refractivity contribution >= 4 is 35.1 Å². The van der Waals surface area contributed by atoms with E-state index in [1.54, 1.807) is 27.9 Å². The number of aromatic nitrogens is 3. The molecule has 1 saturated heterocycles. The highest BCUT2D eigenvalue weighted by Gasteiger charge is 2.26. The zero-order valence-electron chi connectivity index (χ0n) is 13.9. The van der Waals surface area contributed by atoms with Crippen molar-refractivity contribution in [3.05, 3.63) is 40.0 Å². The van der Waals surface area contributed by atoms with E-state index in [9.17, 15) is 4.79 Å². The number of morpholine rings is 1. The van der Waals surface area contributed by atoms with Crippen LogP contribution in [0.15, 0.2) is 24.4 Å². The Balaban J connectivity index is 1.65. The van der Waals surface area contributed by atoms with Crippen molar-refractivity contribution in [2.24, 2.45) is 0 Å². The van der Waals surface area contributed by atoms with Crippen molar-refractivity contribution in [1.29, 1.82) is 0 Å². The molecule has 0 spiro atoms. The lowest BCUT2D eigenvalue weighted by Gasteiger charge is -2.33. The molecule has 0 bridgehead atoms. The molecule has 3 rings (SSSR count). The number of hydrogen-bond donors (Lipinski definition) is 1. The fraction of sp³-hybridized carbons (Fsp3) is 0.438. The summed E-state index contributed by atoms with van der Waals surface area (Å²) in [5.41, 5.74) is 0.887. The predicted octanol–water partition coefficient (Wildman–Crippen LogP) is 3.77. The molecule has 0 aliphatic carbocycles. The van der Waals surface area contributed by atoms with Crippen LogP contribution in [-0.2, 0) is 4.74 Å². The van der Waals surface area contributed by atoms with Crippen LogP contribution in [0.4, 0.5) is 10.6 Å². The summed E-state index contributed by atoms with van der Waals surface area (Å²) in [6.07, 6.45) is 1.46. The second-order valence-electron chi connectivity index (χ2n) is 6.09. The molecule has 25 heavy (non-hydrogen) atoms. The molecule has 1 aliphatic rings. The van der Waals surface area contributed by atoms with Crippen LogP contribution in [0.25, 0.3) is 0 Å². The average molecular weight is 384 g/mol.